The Kier molecular flexibility index (Phi) is 2.64. The molecule has 9 heteroatoms. The number of alkyl halides is 3. The van der Waals surface area contributed by atoms with Gasteiger partial charge < -0.3 is 10.5 Å². The molecule has 0 aliphatic rings. The van der Waals surface area contributed by atoms with Crippen molar-refractivity contribution < 1.29 is 22.8 Å². The number of nitrogens with two attached hydrogens (primary N) is 1. The van der Waals surface area contributed by atoms with Gasteiger partial charge in [0.25, 0.3) is 0 Å². The van der Waals surface area contributed by atoms with Crippen molar-refractivity contribution in [3.63, 3.8) is 0 Å². The molecule has 1 rings (SSSR count). The summed E-state index contributed by atoms with van der Waals surface area (Å²) >= 11 is 0. The molecule has 15 heavy (non-hydrogen) atoms. The average Bonchev–Trinajstić information content (AvgIpc) is 1.99. The maximum Gasteiger partial charge on any atom is 0.574 e. The van der Waals surface area contributed by atoms with Gasteiger partial charge >= 0.3 is 17.9 Å². The maximum absolute atomic E-state index is 11.8. The highest BCUT2D eigenvalue weighted by atomic mass is 19.4. The molecule has 0 aromatic carbocycles. The number of nitrogens with zero attached hydrogens (tertiary/aromatic N) is 2. The van der Waals surface area contributed by atoms with Gasteiger partial charge in [-0.05, 0) is 6.07 Å². The zero-order valence-corrected chi connectivity index (χ0v) is 6.99. The van der Waals surface area contributed by atoms with E-state index < -0.39 is 28.5 Å². The van der Waals surface area contributed by atoms with Crippen LogP contribution in [0.15, 0.2) is 12.3 Å². The van der Waals surface area contributed by atoms with Crippen LogP contribution < -0.4 is 10.5 Å². The van der Waals surface area contributed by atoms with Crippen molar-refractivity contribution in [3.8, 4) is 5.88 Å². The molecule has 1 heterocycles. The summed E-state index contributed by atoms with van der Waals surface area (Å²) in [7, 11) is 0. The highest BCUT2D eigenvalue weighted by Crippen LogP contribution is 2.33. The third-order valence-corrected chi connectivity index (χ3v) is 1.32. The van der Waals surface area contributed by atoms with Crippen molar-refractivity contribution in [3.05, 3.63) is 22.4 Å². The van der Waals surface area contributed by atoms with E-state index in [1.807, 2.05) is 0 Å². The van der Waals surface area contributed by atoms with Crippen LogP contribution in [0.4, 0.5) is 24.5 Å². The number of nitro groups is 1. The number of pyridine rings is 1. The van der Waals surface area contributed by atoms with E-state index in [4.69, 9.17) is 5.73 Å². The Labute approximate surface area is 80.6 Å². The molecular formula is C6H4F3N3O3. The number of nitrogen functional groups attached to an aromatic ring is 1. The van der Waals surface area contributed by atoms with Crippen molar-refractivity contribution in [2.45, 2.75) is 6.36 Å². The molecular weight excluding hydrogens is 219 g/mol. The van der Waals surface area contributed by atoms with Gasteiger partial charge in [-0.1, -0.05) is 0 Å². The number of aromatic nitrogens is 1. The first-order valence-electron chi connectivity index (χ1n) is 3.46. The van der Waals surface area contributed by atoms with Crippen LogP contribution in [0.25, 0.3) is 0 Å². The van der Waals surface area contributed by atoms with E-state index in [9.17, 15) is 23.3 Å². The van der Waals surface area contributed by atoms with E-state index >= 15 is 0 Å². The highest BCUT2D eigenvalue weighted by molar-refractivity contribution is 5.62. The Bertz CT molecular complexity index is 393. The Balaban J connectivity index is 3.18. The predicted octanol–water partition coefficient (Wildman–Crippen LogP) is 1.47. The second kappa shape index (κ2) is 3.59. The summed E-state index contributed by atoms with van der Waals surface area (Å²) in [5.41, 5.74) is 3.66. The Hall–Kier alpha value is -2.06. The number of hydrogen-bond acceptors (Lipinski definition) is 5. The highest BCUT2D eigenvalue weighted by Gasteiger charge is 2.36. The molecule has 2 N–H and O–H groups in total. The van der Waals surface area contributed by atoms with Gasteiger partial charge in [-0.2, -0.15) is 0 Å². The fourth-order valence-electron chi connectivity index (χ4n) is 0.817. The third-order valence-electron chi connectivity index (χ3n) is 1.32. The molecule has 0 amide bonds. The molecule has 0 spiro atoms. The number of ether oxygens (including phenoxy) is 1. The monoisotopic (exact) mass is 223 g/mol. The van der Waals surface area contributed by atoms with Crippen LogP contribution in [-0.4, -0.2) is 16.3 Å². The minimum absolute atomic E-state index is 0.450. The number of rotatable bonds is 2. The van der Waals surface area contributed by atoms with Gasteiger partial charge in [0.2, 0.25) is 0 Å². The lowest BCUT2D eigenvalue weighted by molar-refractivity contribution is -0.388. The smallest absolute Gasteiger partial charge is 0.393 e. The van der Waals surface area contributed by atoms with Crippen LogP contribution >= 0.6 is 0 Å². The first kappa shape index (κ1) is 11.0. The summed E-state index contributed by atoms with van der Waals surface area (Å²) in [6.45, 7) is 0. The van der Waals surface area contributed by atoms with Crippen LogP contribution in [0.3, 0.4) is 0 Å². The Morgan fingerprint density at radius 2 is 2.13 bits per heavy atom. The lowest BCUT2D eigenvalue weighted by Crippen LogP contribution is -2.19. The standard InChI is InChI=1S/C6H4F3N3O3/c7-6(8,9)15-5-4(12(13)14)3(10)1-2-11-5/h1-2H,(H2,10,11). The van der Waals surface area contributed by atoms with Crippen LogP contribution in [0.1, 0.15) is 0 Å². The number of hydrogen-bond donors (Lipinski definition) is 1. The SMILES string of the molecule is Nc1ccnc(OC(F)(F)F)c1[N+](=O)[O-]. The second-order valence-electron chi connectivity index (χ2n) is 2.36. The Morgan fingerprint density at radius 3 is 2.60 bits per heavy atom. The lowest BCUT2D eigenvalue weighted by Gasteiger charge is -2.08. The van der Waals surface area contributed by atoms with Gasteiger partial charge in [0.05, 0.1) is 4.92 Å². The molecule has 0 atom stereocenters. The lowest BCUT2D eigenvalue weighted by atomic mass is 10.3. The molecule has 0 unspecified atom stereocenters. The van der Waals surface area contributed by atoms with E-state index in [1.54, 1.807) is 0 Å². The first-order valence-corrected chi connectivity index (χ1v) is 3.46. The van der Waals surface area contributed by atoms with E-state index in [0.717, 1.165) is 12.3 Å². The summed E-state index contributed by atoms with van der Waals surface area (Å²) in [6.07, 6.45) is -4.17. The van der Waals surface area contributed by atoms with Crippen LogP contribution in [-0.2, 0) is 0 Å². The van der Waals surface area contributed by atoms with Crippen molar-refractivity contribution in [1.29, 1.82) is 0 Å². The van der Waals surface area contributed by atoms with E-state index in [2.05, 4.69) is 9.72 Å². The van der Waals surface area contributed by atoms with Gasteiger partial charge in [0.15, 0.2) is 0 Å². The summed E-state index contributed by atoms with van der Waals surface area (Å²) in [5.74, 6) is -1.17. The summed E-state index contributed by atoms with van der Waals surface area (Å²) in [5, 5.41) is 10.4. The minimum Gasteiger partial charge on any atom is -0.393 e. The van der Waals surface area contributed by atoms with Crippen molar-refractivity contribution in [2.75, 3.05) is 5.73 Å². The molecule has 1 aromatic rings. The topological polar surface area (TPSA) is 91.3 Å². The Morgan fingerprint density at radius 1 is 1.53 bits per heavy atom. The average molecular weight is 223 g/mol. The third kappa shape index (κ3) is 2.69. The first-order chi connectivity index (χ1) is 6.81. The minimum atomic E-state index is -5.05. The van der Waals surface area contributed by atoms with Gasteiger partial charge in [-0.15, -0.1) is 13.2 Å². The fraction of sp³-hybridized carbons (Fsp3) is 0.167. The maximum atomic E-state index is 11.8. The van der Waals surface area contributed by atoms with Crippen molar-refractivity contribution >= 4 is 11.4 Å². The van der Waals surface area contributed by atoms with Gasteiger partial charge in [-0.25, -0.2) is 4.98 Å². The summed E-state index contributed by atoms with van der Waals surface area (Å²) in [4.78, 5) is 12.4. The fourth-order valence-corrected chi connectivity index (χ4v) is 0.817. The molecule has 82 valence electrons. The molecule has 0 saturated carbocycles. The van der Waals surface area contributed by atoms with Crippen molar-refractivity contribution in [2.24, 2.45) is 0 Å². The molecule has 0 bridgehead atoms. The molecule has 1 aromatic heterocycles. The van der Waals surface area contributed by atoms with Crippen molar-refractivity contribution in [1.82, 2.24) is 4.98 Å². The number of halogens is 3. The predicted molar refractivity (Wildman–Crippen MR) is 42.0 cm³/mol. The number of anilines is 1. The molecule has 0 saturated heterocycles. The normalized spacial score (nSPS) is 11.1. The van der Waals surface area contributed by atoms with E-state index in [1.165, 1.54) is 0 Å². The van der Waals surface area contributed by atoms with Gasteiger partial charge in [-0.3, -0.25) is 10.1 Å². The molecule has 0 aliphatic heterocycles. The summed E-state index contributed by atoms with van der Waals surface area (Å²) in [6, 6.07) is 1.00. The largest absolute Gasteiger partial charge is 0.574 e. The van der Waals surface area contributed by atoms with Gasteiger partial charge in [0.1, 0.15) is 5.69 Å². The van der Waals surface area contributed by atoms with Crippen LogP contribution in [0, 0.1) is 10.1 Å². The zero-order valence-electron chi connectivity index (χ0n) is 6.99. The van der Waals surface area contributed by atoms with Crippen LogP contribution in [0.5, 0.6) is 5.88 Å². The molecule has 6 nitrogen and oxygen atoms in total. The van der Waals surface area contributed by atoms with Crippen LogP contribution in [0.2, 0.25) is 0 Å². The van der Waals surface area contributed by atoms with E-state index in [-0.39, 0.29) is 0 Å². The summed E-state index contributed by atoms with van der Waals surface area (Å²) < 4.78 is 38.7. The quantitative estimate of drug-likeness (QED) is 0.605. The second-order valence-corrected chi connectivity index (χ2v) is 2.36. The molecule has 0 fully saturated rings. The molecule has 0 radical (unpaired) electrons. The van der Waals surface area contributed by atoms with Gasteiger partial charge in [0, 0.05) is 6.20 Å². The van der Waals surface area contributed by atoms with E-state index in [0.29, 0.717) is 0 Å². The zero-order chi connectivity index (χ0) is 11.6. The molecule has 0 aliphatic carbocycles.